The van der Waals surface area contributed by atoms with Gasteiger partial charge < -0.3 is 10.5 Å². The molecule has 18 heavy (non-hydrogen) atoms. The molecule has 0 saturated carbocycles. The Kier molecular flexibility index (Phi) is 3.06. The van der Waals surface area contributed by atoms with Crippen molar-refractivity contribution in [2.24, 2.45) is 0 Å². The van der Waals surface area contributed by atoms with Crippen molar-refractivity contribution in [2.45, 2.75) is 13.8 Å². The second kappa shape index (κ2) is 4.52. The van der Waals surface area contributed by atoms with Gasteiger partial charge in [0.25, 0.3) is 0 Å². The third kappa shape index (κ3) is 2.07. The van der Waals surface area contributed by atoms with Crippen molar-refractivity contribution in [1.29, 1.82) is 0 Å². The molecule has 0 atom stereocenters. The topological polar surface area (TPSA) is 70.1 Å². The van der Waals surface area contributed by atoms with Crippen LogP contribution in [0.2, 0.25) is 0 Å². The fraction of sp³-hybridized carbons (Fsp3) is 0.231. The lowest BCUT2D eigenvalue weighted by Crippen LogP contribution is -2.06. The summed E-state index contributed by atoms with van der Waals surface area (Å²) >= 11 is 0. The van der Waals surface area contributed by atoms with Crippen LogP contribution < -0.4 is 5.73 Å². The Morgan fingerprint density at radius 3 is 2.67 bits per heavy atom. The number of aromatic nitrogens is 2. The molecule has 0 aliphatic heterocycles. The molecule has 5 heteroatoms. The maximum absolute atomic E-state index is 11.4. The van der Waals surface area contributed by atoms with Crippen LogP contribution >= 0.6 is 0 Å². The predicted molar refractivity (Wildman–Crippen MR) is 68.8 cm³/mol. The first-order valence-electron chi connectivity index (χ1n) is 5.54. The molecule has 0 aliphatic rings. The van der Waals surface area contributed by atoms with Crippen molar-refractivity contribution in [3.8, 4) is 5.69 Å². The number of hydrogen-bond acceptors (Lipinski definition) is 4. The van der Waals surface area contributed by atoms with Gasteiger partial charge in [-0.15, -0.1) is 0 Å². The Bertz CT molecular complexity index is 602. The predicted octanol–water partition coefficient (Wildman–Crippen LogP) is 1.86. The van der Waals surface area contributed by atoms with Gasteiger partial charge in [-0.1, -0.05) is 17.7 Å². The summed E-state index contributed by atoms with van der Waals surface area (Å²) < 4.78 is 6.16. The molecule has 0 radical (unpaired) electrons. The Morgan fingerprint density at radius 2 is 2.06 bits per heavy atom. The summed E-state index contributed by atoms with van der Waals surface area (Å²) in [4.78, 5) is 11.4. The van der Waals surface area contributed by atoms with E-state index in [0.717, 1.165) is 16.8 Å². The monoisotopic (exact) mass is 245 g/mol. The first-order valence-corrected chi connectivity index (χ1v) is 5.54. The van der Waals surface area contributed by atoms with E-state index in [0.29, 0.717) is 5.82 Å². The molecule has 94 valence electrons. The van der Waals surface area contributed by atoms with E-state index in [4.69, 9.17) is 5.73 Å². The highest BCUT2D eigenvalue weighted by Gasteiger charge is 2.14. The summed E-state index contributed by atoms with van der Waals surface area (Å²) in [5.41, 5.74) is 9.13. The van der Waals surface area contributed by atoms with E-state index < -0.39 is 5.97 Å². The Labute approximate surface area is 105 Å². The number of esters is 1. The number of nitrogens with zero attached hydrogens (tertiary/aromatic N) is 2. The van der Waals surface area contributed by atoms with Gasteiger partial charge in [-0.3, -0.25) is 0 Å². The number of nitrogen functional groups attached to an aromatic ring is 1. The summed E-state index contributed by atoms with van der Waals surface area (Å²) in [5, 5.41) is 4.16. The van der Waals surface area contributed by atoms with Gasteiger partial charge in [0.05, 0.1) is 12.8 Å². The van der Waals surface area contributed by atoms with E-state index >= 15 is 0 Å². The molecule has 0 spiro atoms. The number of rotatable bonds is 2. The zero-order valence-electron chi connectivity index (χ0n) is 10.6. The van der Waals surface area contributed by atoms with Crippen LogP contribution in [0.5, 0.6) is 0 Å². The molecule has 1 aromatic carbocycles. The van der Waals surface area contributed by atoms with Crippen molar-refractivity contribution in [1.82, 2.24) is 9.78 Å². The van der Waals surface area contributed by atoms with Crippen molar-refractivity contribution >= 4 is 11.8 Å². The summed E-state index contributed by atoms with van der Waals surface area (Å²) in [6.45, 7) is 3.99. The van der Waals surface area contributed by atoms with Crippen LogP contribution in [0.15, 0.2) is 24.3 Å². The van der Waals surface area contributed by atoms with Gasteiger partial charge in [0.1, 0.15) is 5.82 Å². The number of anilines is 1. The number of nitrogens with two attached hydrogens (primary N) is 1. The van der Waals surface area contributed by atoms with Crippen LogP contribution in [0.1, 0.15) is 21.6 Å². The third-order valence-electron chi connectivity index (χ3n) is 2.71. The highest BCUT2D eigenvalue weighted by atomic mass is 16.5. The molecule has 1 heterocycles. The molecule has 0 saturated heterocycles. The molecule has 0 aliphatic carbocycles. The van der Waals surface area contributed by atoms with Gasteiger partial charge in [-0.25, -0.2) is 9.48 Å². The first kappa shape index (κ1) is 12.2. The average Bonchev–Trinajstić information content (AvgIpc) is 2.70. The lowest BCUT2D eigenvalue weighted by Gasteiger charge is -2.08. The van der Waals surface area contributed by atoms with E-state index in [9.17, 15) is 4.79 Å². The smallest absolute Gasteiger partial charge is 0.358 e. The Hall–Kier alpha value is -2.30. The second-order valence-electron chi connectivity index (χ2n) is 4.15. The highest BCUT2D eigenvalue weighted by molar-refractivity contribution is 5.88. The minimum atomic E-state index is -0.495. The van der Waals surface area contributed by atoms with E-state index in [2.05, 4.69) is 9.84 Å². The van der Waals surface area contributed by atoms with E-state index in [-0.39, 0.29) is 5.69 Å². The number of aryl methyl sites for hydroxylation is 2. The zero-order valence-corrected chi connectivity index (χ0v) is 10.6. The molecular weight excluding hydrogens is 230 g/mol. The van der Waals surface area contributed by atoms with Crippen LogP contribution in [-0.2, 0) is 4.74 Å². The Balaban J connectivity index is 2.51. The third-order valence-corrected chi connectivity index (χ3v) is 2.71. The van der Waals surface area contributed by atoms with Gasteiger partial charge in [0, 0.05) is 6.07 Å². The van der Waals surface area contributed by atoms with Crippen molar-refractivity contribution in [2.75, 3.05) is 12.8 Å². The number of methoxy groups -OCH3 is 1. The fourth-order valence-electron chi connectivity index (χ4n) is 1.84. The van der Waals surface area contributed by atoms with Gasteiger partial charge in [-0.2, -0.15) is 5.10 Å². The number of hydrogen-bond donors (Lipinski definition) is 1. The van der Waals surface area contributed by atoms with E-state index in [1.54, 1.807) is 4.68 Å². The minimum Gasteiger partial charge on any atom is -0.464 e. The lowest BCUT2D eigenvalue weighted by atomic mass is 10.1. The fourth-order valence-corrected chi connectivity index (χ4v) is 1.84. The summed E-state index contributed by atoms with van der Waals surface area (Å²) in [6, 6.07) is 7.44. The van der Waals surface area contributed by atoms with Crippen molar-refractivity contribution in [3.63, 3.8) is 0 Å². The first-order chi connectivity index (χ1) is 8.52. The molecule has 0 unspecified atom stereocenters. The van der Waals surface area contributed by atoms with Crippen LogP contribution in [0.25, 0.3) is 5.69 Å². The molecule has 0 amide bonds. The molecule has 0 bridgehead atoms. The number of benzene rings is 1. The van der Waals surface area contributed by atoms with Crippen LogP contribution in [-0.4, -0.2) is 22.9 Å². The molecular formula is C13H15N3O2. The van der Waals surface area contributed by atoms with Gasteiger partial charge in [-0.05, 0) is 25.5 Å². The molecule has 2 aromatic rings. The quantitative estimate of drug-likeness (QED) is 0.820. The summed E-state index contributed by atoms with van der Waals surface area (Å²) in [5.74, 6) is -0.0902. The van der Waals surface area contributed by atoms with Gasteiger partial charge >= 0.3 is 5.97 Å². The number of carbonyl (C=O) groups excluding carboxylic acids is 1. The van der Waals surface area contributed by atoms with Gasteiger partial charge in [0.15, 0.2) is 5.69 Å². The van der Waals surface area contributed by atoms with E-state index in [1.807, 2.05) is 32.0 Å². The normalized spacial score (nSPS) is 10.4. The SMILES string of the molecule is COC(=O)c1cc(N)n(-c2ccc(C)cc2C)n1. The largest absolute Gasteiger partial charge is 0.464 e. The molecule has 2 N–H and O–H groups in total. The molecule has 1 aromatic heterocycles. The lowest BCUT2D eigenvalue weighted by molar-refractivity contribution is 0.0593. The molecule has 0 fully saturated rings. The van der Waals surface area contributed by atoms with E-state index in [1.165, 1.54) is 13.2 Å². The Morgan fingerprint density at radius 1 is 1.33 bits per heavy atom. The van der Waals surface area contributed by atoms with Crippen LogP contribution in [0.3, 0.4) is 0 Å². The molecule has 2 rings (SSSR count). The maximum atomic E-state index is 11.4. The van der Waals surface area contributed by atoms with Crippen LogP contribution in [0.4, 0.5) is 5.82 Å². The zero-order chi connectivity index (χ0) is 13.3. The summed E-state index contributed by atoms with van der Waals surface area (Å²) in [6.07, 6.45) is 0. The number of ether oxygens (including phenoxy) is 1. The number of carbonyl (C=O) groups is 1. The van der Waals surface area contributed by atoms with Crippen molar-refractivity contribution in [3.05, 3.63) is 41.1 Å². The molecule has 5 nitrogen and oxygen atoms in total. The highest BCUT2D eigenvalue weighted by Crippen LogP contribution is 2.19. The standard InChI is InChI=1S/C13H15N3O2/c1-8-4-5-11(9(2)6-8)16-12(14)7-10(15-16)13(17)18-3/h4-7H,14H2,1-3H3. The van der Waals surface area contributed by atoms with Crippen molar-refractivity contribution < 1.29 is 9.53 Å². The second-order valence-corrected chi connectivity index (χ2v) is 4.15. The van der Waals surface area contributed by atoms with Gasteiger partial charge in [0.2, 0.25) is 0 Å². The summed E-state index contributed by atoms with van der Waals surface area (Å²) in [7, 11) is 1.31. The van der Waals surface area contributed by atoms with Crippen LogP contribution in [0, 0.1) is 13.8 Å². The minimum absolute atomic E-state index is 0.204. The average molecular weight is 245 g/mol. The maximum Gasteiger partial charge on any atom is 0.358 e.